The molecule has 0 aliphatic heterocycles. The first-order chi connectivity index (χ1) is 16.4. The first kappa shape index (κ1) is 30.3. The van der Waals surface area contributed by atoms with Crippen molar-refractivity contribution in [1.82, 2.24) is 4.90 Å². The van der Waals surface area contributed by atoms with E-state index in [0.29, 0.717) is 19.4 Å². The van der Waals surface area contributed by atoms with Crippen LogP contribution in [-0.2, 0) is 24.9 Å². The van der Waals surface area contributed by atoms with Gasteiger partial charge in [-0.05, 0) is 54.3 Å². The fraction of sp³-hybridized carbons (Fsp3) is 0.643. The Labute approximate surface area is 220 Å². The molecule has 0 fully saturated rings. The zero-order chi connectivity index (χ0) is 27.6. The second-order valence-electron chi connectivity index (χ2n) is 13.0. The summed E-state index contributed by atoms with van der Waals surface area (Å²) in [5.74, 6) is 0.824. The summed E-state index contributed by atoms with van der Waals surface area (Å²) >= 11 is 0. The number of aldehydes is 1. The zero-order valence-corrected chi connectivity index (χ0v) is 26.2. The van der Waals surface area contributed by atoms with Crippen LogP contribution in [0.3, 0.4) is 0 Å². The van der Waals surface area contributed by atoms with E-state index < -0.39 is 34.4 Å². The molecule has 0 saturated heterocycles. The molecule has 8 heteroatoms. The van der Waals surface area contributed by atoms with Crippen LogP contribution >= 0.6 is 0 Å². The molecule has 0 saturated carbocycles. The van der Waals surface area contributed by atoms with Gasteiger partial charge in [-0.15, -0.1) is 0 Å². The normalized spacial score (nSPS) is 21.4. The van der Waals surface area contributed by atoms with Gasteiger partial charge in [-0.25, -0.2) is 4.79 Å². The van der Waals surface area contributed by atoms with Crippen LogP contribution in [0.2, 0.25) is 36.3 Å². The minimum atomic E-state index is -2.38. The first-order valence-electron chi connectivity index (χ1n) is 12.8. The highest BCUT2D eigenvalue weighted by Crippen LogP contribution is 2.45. The molecule has 6 nitrogen and oxygen atoms in total. The van der Waals surface area contributed by atoms with Crippen LogP contribution in [0.1, 0.15) is 59.9 Å². The highest BCUT2D eigenvalue weighted by molar-refractivity contribution is 6.74. The lowest BCUT2D eigenvalue weighted by atomic mass is 9.84. The molecule has 0 radical (unpaired) electrons. The van der Waals surface area contributed by atoms with Crippen LogP contribution in [0.4, 0.5) is 4.79 Å². The lowest BCUT2D eigenvalue weighted by Crippen LogP contribution is -2.62. The van der Waals surface area contributed by atoms with Gasteiger partial charge in [0.2, 0.25) is 8.32 Å². The quantitative estimate of drug-likeness (QED) is 0.259. The summed E-state index contributed by atoms with van der Waals surface area (Å²) in [7, 11) is -3.13. The Morgan fingerprint density at radius 1 is 1.03 bits per heavy atom. The van der Waals surface area contributed by atoms with Gasteiger partial charge in [0.25, 0.3) is 0 Å². The Bertz CT molecular complexity index is 947. The van der Waals surface area contributed by atoms with Crippen molar-refractivity contribution in [3.63, 3.8) is 0 Å². The maximum atomic E-state index is 13.2. The highest BCUT2D eigenvalue weighted by atomic mass is 28.4. The molecule has 1 amide bonds. The molecule has 1 aliphatic rings. The van der Waals surface area contributed by atoms with Gasteiger partial charge in [0, 0.05) is 13.0 Å². The molecular formula is C28H47NO5Si2. The fourth-order valence-corrected chi connectivity index (χ4v) is 6.51. The molecule has 1 aromatic carbocycles. The Kier molecular flexibility index (Phi) is 9.12. The van der Waals surface area contributed by atoms with Crippen LogP contribution in [0.5, 0.6) is 0 Å². The maximum Gasteiger partial charge on any atom is 0.410 e. The second kappa shape index (κ2) is 10.8. The number of hydrogen-bond acceptors (Lipinski definition) is 5. The van der Waals surface area contributed by atoms with E-state index in [9.17, 15) is 9.59 Å². The smallest absolute Gasteiger partial charge is 0.410 e. The SMILES string of the molecule is COC(=O)N(Cc1ccccc1)[C@H]1C=C(O[Si](C)(C)C(C)(C)C)CC[C@]1(C=O)O[Si](C)(C)C(C)(C)C. The Morgan fingerprint density at radius 2 is 1.58 bits per heavy atom. The van der Waals surface area contributed by atoms with Crippen LogP contribution in [0.15, 0.2) is 42.2 Å². The van der Waals surface area contributed by atoms with Crippen molar-refractivity contribution in [3.05, 3.63) is 47.7 Å². The molecule has 2 rings (SSSR count). The Balaban J connectivity index is 2.65. The van der Waals surface area contributed by atoms with Gasteiger partial charge in [-0.1, -0.05) is 71.9 Å². The van der Waals surface area contributed by atoms with Crippen molar-refractivity contribution in [2.24, 2.45) is 0 Å². The molecule has 1 aromatic rings. The molecule has 0 N–H and O–H groups in total. The van der Waals surface area contributed by atoms with Crippen molar-refractivity contribution in [3.8, 4) is 0 Å². The summed E-state index contributed by atoms with van der Waals surface area (Å²) < 4.78 is 18.8. The first-order valence-corrected chi connectivity index (χ1v) is 18.7. The predicted octanol–water partition coefficient (Wildman–Crippen LogP) is 7.28. The molecule has 0 unspecified atom stereocenters. The summed E-state index contributed by atoms with van der Waals surface area (Å²) in [5, 5.41) is -0.0863. The van der Waals surface area contributed by atoms with E-state index in [0.717, 1.165) is 17.6 Å². The average molecular weight is 534 g/mol. The van der Waals surface area contributed by atoms with E-state index in [1.807, 2.05) is 36.4 Å². The summed E-state index contributed by atoms with van der Waals surface area (Å²) in [4.78, 5) is 27.8. The lowest BCUT2D eigenvalue weighted by molar-refractivity contribution is -0.128. The van der Waals surface area contributed by atoms with E-state index in [4.69, 9.17) is 13.6 Å². The van der Waals surface area contributed by atoms with E-state index in [1.54, 1.807) is 4.90 Å². The summed E-state index contributed by atoms with van der Waals surface area (Å²) in [5.41, 5.74) is -0.243. The molecular weight excluding hydrogens is 486 g/mol. The number of amides is 1. The van der Waals surface area contributed by atoms with Crippen LogP contribution < -0.4 is 0 Å². The summed E-state index contributed by atoms with van der Waals surface area (Å²) in [6, 6.07) is 9.08. The molecule has 0 aromatic heterocycles. The molecule has 0 bridgehead atoms. The zero-order valence-electron chi connectivity index (χ0n) is 24.2. The summed E-state index contributed by atoms with van der Waals surface area (Å²) in [6.45, 7) is 22.0. The highest BCUT2D eigenvalue weighted by Gasteiger charge is 2.53. The van der Waals surface area contributed by atoms with Crippen molar-refractivity contribution in [2.45, 2.75) is 109 Å². The number of ether oxygens (including phenoxy) is 1. The molecule has 0 spiro atoms. The van der Waals surface area contributed by atoms with Crippen molar-refractivity contribution in [2.75, 3.05) is 7.11 Å². The number of benzene rings is 1. The van der Waals surface area contributed by atoms with Crippen molar-refractivity contribution in [1.29, 1.82) is 0 Å². The number of allylic oxidation sites excluding steroid dienone is 1. The number of hydrogen-bond donors (Lipinski definition) is 0. The predicted molar refractivity (Wildman–Crippen MR) is 151 cm³/mol. The Hall–Kier alpha value is -1.91. The third-order valence-corrected chi connectivity index (χ3v) is 17.1. The number of carbonyl (C=O) groups is 2. The number of nitrogens with zero attached hydrogens (tertiary/aromatic N) is 1. The van der Waals surface area contributed by atoms with Gasteiger partial charge in [0.15, 0.2) is 14.6 Å². The maximum absolute atomic E-state index is 13.2. The largest absolute Gasteiger partial charge is 0.547 e. The van der Waals surface area contributed by atoms with Crippen molar-refractivity contribution < 1.29 is 23.2 Å². The Morgan fingerprint density at radius 3 is 2.06 bits per heavy atom. The van der Waals surface area contributed by atoms with Crippen LogP contribution in [0.25, 0.3) is 0 Å². The minimum absolute atomic E-state index is 0.0201. The lowest BCUT2D eigenvalue weighted by Gasteiger charge is -2.50. The molecule has 1 aliphatic carbocycles. The van der Waals surface area contributed by atoms with Gasteiger partial charge in [0.1, 0.15) is 5.60 Å². The van der Waals surface area contributed by atoms with Gasteiger partial charge < -0.3 is 18.4 Å². The van der Waals surface area contributed by atoms with Crippen LogP contribution in [0, 0.1) is 0 Å². The summed E-state index contributed by atoms with van der Waals surface area (Å²) in [6.07, 6.45) is 3.38. The van der Waals surface area contributed by atoms with E-state index in [1.165, 1.54) is 7.11 Å². The molecule has 0 heterocycles. The molecule has 36 heavy (non-hydrogen) atoms. The number of carbonyl (C=O) groups excluding carboxylic acids is 2. The van der Waals surface area contributed by atoms with Crippen LogP contribution in [-0.4, -0.2) is 52.7 Å². The third-order valence-electron chi connectivity index (χ3n) is 8.19. The minimum Gasteiger partial charge on any atom is -0.547 e. The standard InChI is InChI=1S/C28H47NO5Si2/c1-26(2,3)35(8,9)33-23-17-18-28(21-30,34-36(10,11)27(4,5)6)24(19-23)29(25(31)32-7)20-22-15-13-12-14-16-22/h12-16,19,21,24H,17-18,20H2,1-11H3/t24-,28+/m0/s1. The fourth-order valence-electron chi connectivity index (χ4n) is 3.85. The van der Waals surface area contributed by atoms with Gasteiger partial charge in [-0.3, -0.25) is 4.90 Å². The average Bonchev–Trinajstić information content (AvgIpc) is 2.77. The molecule has 202 valence electrons. The molecule has 2 atom stereocenters. The van der Waals surface area contributed by atoms with Crippen molar-refractivity contribution >= 4 is 29.0 Å². The van der Waals surface area contributed by atoms with E-state index >= 15 is 0 Å². The third kappa shape index (κ3) is 6.69. The number of methoxy groups -OCH3 is 1. The van der Waals surface area contributed by atoms with Gasteiger partial charge in [-0.2, -0.15) is 0 Å². The topological polar surface area (TPSA) is 65.1 Å². The van der Waals surface area contributed by atoms with E-state index in [2.05, 4.69) is 67.7 Å². The monoisotopic (exact) mass is 533 g/mol. The van der Waals surface area contributed by atoms with E-state index in [-0.39, 0.29) is 10.1 Å². The number of rotatable bonds is 8. The second-order valence-corrected chi connectivity index (χ2v) is 22.4. The van der Waals surface area contributed by atoms with Gasteiger partial charge >= 0.3 is 6.09 Å². The van der Waals surface area contributed by atoms with Gasteiger partial charge in [0.05, 0.1) is 18.9 Å².